The Morgan fingerprint density at radius 2 is 2.00 bits per heavy atom. The quantitative estimate of drug-likeness (QED) is 0.279. The molecule has 4 aromatic rings. The van der Waals surface area contributed by atoms with Crippen LogP contribution in [0, 0.1) is 22.9 Å². The summed E-state index contributed by atoms with van der Waals surface area (Å²) in [5, 5.41) is 14.8. The standard InChI is InChI=1S/C22H18FN5O4/c1-12-10-14(23)18(28(30)31)11-16(12)26-22-24-9-8-15(25-22)19-13-6-4-5-7-17(13)27(2)20(19)21(29)32-3/h4-11H,1-3H3,(H,24,25,26). The van der Waals surface area contributed by atoms with Crippen LogP contribution in [-0.4, -0.2) is 32.5 Å². The number of benzene rings is 2. The lowest BCUT2D eigenvalue weighted by molar-refractivity contribution is -0.387. The van der Waals surface area contributed by atoms with Gasteiger partial charge >= 0.3 is 11.7 Å². The predicted octanol–water partition coefficient (Wildman–Crippen LogP) is 4.52. The Hall–Kier alpha value is -4.34. The van der Waals surface area contributed by atoms with E-state index in [0.717, 1.165) is 23.0 Å². The molecule has 0 bridgehead atoms. The maximum Gasteiger partial charge on any atom is 0.355 e. The summed E-state index contributed by atoms with van der Waals surface area (Å²) in [7, 11) is 3.07. The highest BCUT2D eigenvalue weighted by atomic mass is 19.1. The van der Waals surface area contributed by atoms with Crippen LogP contribution in [0.15, 0.2) is 48.7 Å². The third-order valence-electron chi connectivity index (χ3n) is 5.13. The number of aromatic nitrogens is 3. The zero-order valence-corrected chi connectivity index (χ0v) is 17.4. The largest absolute Gasteiger partial charge is 0.464 e. The van der Waals surface area contributed by atoms with Crippen LogP contribution in [0.1, 0.15) is 16.1 Å². The minimum Gasteiger partial charge on any atom is -0.464 e. The molecule has 32 heavy (non-hydrogen) atoms. The second kappa shape index (κ2) is 8.06. The summed E-state index contributed by atoms with van der Waals surface area (Å²) in [4.78, 5) is 31.5. The molecule has 0 aliphatic rings. The van der Waals surface area contributed by atoms with E-state index >= 15 is 0 Å². The number of hydrogen-bond acceptors (Lipinski definition) is 7. The highest BCUT2D eigenvalue weighted by Gasteiger charge is 2.24. The molecular formula is C22H18FN5O4. The van der Waals surface area contributed by atoms with Crippen LogP contribution in [0.5, 0.6) is 0 Å². The summed E-state index contributed by atoms with van der Waals surface area (Å²) in [6, 6.07) is 11.3. The van der Waals surface area contributed by atoms with Crippen molar-refractivity contribution < 1.29 is 18.8 Å². The highest BCUT2D eigenvalue weighted by Crippen LogP contribution is 2.34. The van der Waals surface area contributed by atoms with Gasteiger partial charge in [0.25, 0.3) is 0 Å². The van der Waals surface area contributed by atoms with Gasteiger partial charge in [-0.3, -0.25) is 10.1 Å². The van der Waals surface area contributed by atoms with E-state index < -0.39 is 22.4 Å². The Bertz CT molecular complexity index is 1380. The number of nitro groups is 1. The molecule has 0 unspecified atom stereocenters. The van der Waals surface area contributed by atoms with Crippen molar-refractivity contribution >= 4 is 34.2 Å². The minimum atomic E-state index is -0.925. The maximum absolute atomic E-state index is 13.9. The van der Waals surface area contributed by atoms with Gasteiger partial charge in [-0.2, -0.15) is 4.39 Å². The molecule has 0 radical (unpaired) electrons. The molecular weight excluding hydrogens is 417 g/mol. The molecule has 1 N–H and O–H groups in total. The number of fused-ring (bicyclic) bond motifs is 1. The summed E-state index contributed by atoms with van der Waals surface area (Å²) in [6.07, 6.45) is 1.50. The van der Waals surface area contributed by atoms with Crippen molar-refractivity contribution in [2.45, 2.75) is 6.92 Å². The number of nitro benzene ring substituents is 1. The normalized spacial score (nSPS) is 10.9. The number of nitrogens with one attached hydrogen (secondary N) is 1. The number of carbonyl (C=O) groups excluding carboxylic acids is 1. The lowest BCUT2D eigenvalue weighted by atomic mass is 10.1. The third kappa shape index (κ3) is 3.51. The van der Waals surface area contributed by atoms with Crippen LogP contribution >= 0.6 is 0 Å². The number of ether oxygens (including phenoxy) is 1. The molecule has 162 valence electrons. The van der Waals surface area contributed by atoms with Crippen LogP contribution < -0.4 is 5.32 Å². The first-order valence-corrected chi connectivity index (χ1v) is 9.52. The molecule has 0 atom stereocenters. The van der Waals surface area contributed by atoms with Gasteiger partial charge in [0.05, 0.1) is 23.4 Å². The second-order valence-electron chi connectivity index (χ2n) is 7.06. The molecule has 9 nitrogen and oxygen atoms in total. The number of aryl methyl sites for hydroxylation is 2. The first kappa shape index (κ1) is 20.9. The summed E-state index contributed by atoms with van der Waals surface area (Å²) in [5.41, 5.74) is 2.25. The van der Waals surface area contributed by atoms with Gasteiger partial charge in [0.15, 0.2) is 0 Å². The third-order valence-corrected chi connectivity index (χ3v) is 5.13. The van der Waals surface area contributed by atoms with E-state index in [0.29, 0.717) is 28.2 Å². The lowest BCUT2D eigenvalue weighted by Gasteiger charge is -2.10. The van der Waals surface area contributed by atoms with E-state index in [1.54, 1.807) is 24.6 Å². The molecule has 10 heteroatoms. The summed E-state index contributed by atoms with van der Waals surface area (Å²) >= 11 is 0. The van der Waals surface area contributed by atoms with E-state index in [2.05, 4.69) is 15.3 Å². The number of hydrogen-bond donors (Lipinski definition) is 1. The number of anilines is 2. The van der Waals surface area contributed by atoms with Crippen LogP contribution in [0.2, 0.25) is 0 Å². The number of para-hydroxylation sites is 1. The average Bonchev–Trinajstić information content (AvgIpc) is 3.07. The number of methoxy groups -OCH3 is 1. The second-order valence-corrected chi connectivity index (χ2v) is 7.06. The molecule has 2 aromatic heterocycles. The molecule has 0 aliphatic carbocycles. The number of esters is 1. The molecule has 2 heterocycles. The maximum atomic E-state index is 13.9. The van der Waals surface area contributed by atoms with Gasteiger partial charge in [-0.05, 0) is 30.7 Å². The van der Waals surface area contributed by atoms with Crippen molar-refractivity contribution in [3.05, 3.63) is 75.9 Å². The summed E-state index contributed by atoms with van der Waals surface area (Å²) in [5.74, 6) is -1.31. The number of halogens is 1. The Morgan fingerprint density at radius 1 is 1.25 bits per heavy atom. The van der Waals surface area contributed by atoms with Crippen molar-refractivity contribution in [3.8, 4) is 11.3 Å². The topological polar surface area (TPSA) is 112 Å². The van der Waals surface area contributed by atoms with Gasteiger partial charge < -0.3 is 14.6 Å². The van der Waals surface area contributed by atoms with Gasteiger partial charge in [0.1, 0.15) is 5.69 Å². The first-order valence-electron chi connectivity index (χ1n) is 9.52. The van der Waals surface area contributed by atoms with Gasteiger partial charge in [-0.1, -0.05) is 18.2 Å². The SMILES string of the molecule is COC(=O)c1c(-c2ccnc(Nc3cc([N+](=O)[O-])c(F)cc3C)n2)c2ccccc2n1C. The molecule has 0 saturated carbocycles. The summed E-state index contributed by atoms with van der Waals surface area (Å²) < 4.78 is 20.6. The Labute approximate surface area is 181 Å². The van der Waals surface area contributed by atoms with Crippen molar-refractivity contribution in [2.75, 3.05) is 12.4 Å². The molecule has 4 rings (SSSR count). The van der Waals surface area contributed by atoms with E-state index in [1.807, 2.05) is 24.3 Å². The predicted molar refractivity (Wildman–Crippen MR) is 116 cm³/mol. The van der Waals surface area contributed by atoms with Gasteiger partial charge in [-0.25, -0.2) is 14.8 Å². The molecule has 0 spiro atoms. The first-order chi connectivity index (χ1) is 15.3. The number of rotatable bonds is 5. The van der Waals surface area contributed by atoms with E-state index in [-0.39, 0.29) is 5.95 Å². The van der Waals surface area contributed by atoms with Gasteiger partial charge in [0, 0.05) is 35.8 Å². The van der Waals surface area contributed by atoms with Crippen LogP contribution in [0.25, 0.3) is 22.2 Å². The van der Waals surface area contributed by atoms with Crippen LogP contribution in [0.4, 0.5) is 21.7 Å². The minimum absolute atomic E-state index is 0.134. The molecule has 0 aliphatic heterocycles. The number of carbonyl (C=O) groups is 1. The molecule has 0 amide bonds. The van der Waals surface area contributed by atoms with Gasteiger partial charge in [0.2, 0.25) is 11.8 Å². The van der Waals surface area contributed by atoms with Crippen LogP contribution in [-0.2, 0) is 11.8 Å². The summed E-state index contributed by atoms with van der Waals surface area (Å²) in [6.45, 7) is 1.61. The van der Waals surface area contributed by atoms with Crippen molar-refractivity contribution in [1.82, 2.24) is 14.5 Å². The van der Waals surface area contributed by atoms with Crippen molar-refractivity contribution in [1.29, 1.82) is 0 Å². The molecule has 2 aromatic carbocycles. The van der Waals surface area contributed by atoms with Crippen LogP contribution in [0.3, 0.4) is 0 Å². The smallest absolute Gasteiger partial charge is 0.355 e. The fraction of sp³-hybridized carbons (Fsp3) is 0.136. The monoisotopic (exact) mass is 435 g/mol. The molecule has 0 saturated heterocycles. The zero-order chi connectivity index (χ0) is 23.0. The zero-order valence-electron chi connectivity index (χ0n) is 17.4. The number of nitrogens with zero attached hydrogens (tertiary/aromatic N) is 4. The van der Waals surface area contributed by atoms with Crippen molar-refractivity contribution in [3.63, 3.8) is 0 Å². The average molecular weight is 435 g/mol. The van der Waals surface area contributed by atoms with Crippen molar-refractivity contribution in [2.24, 2.45) is 7.05 Å². The fourth-order valence-electron chi connectivity index (χ4n) is 3.60. The molecule has 0 fully saturated rings. The highest BCUT2D eigenvalue weighted by molar-refractivity contribution is 6.08. The van der Waals surface area contributed by atoms with E-state index in [9.17, 15) is 19.3 Å². The van der Waals surface area contributed by atoms with E-state index in [1.165, 1.54) is 13.3 Å². The van der Waals surface area contributed by atoms with Gasteiger partial charge in [-0.15, -0.1) is 0 Å². The Morgan fingerprint density at radius 3 is 2.72 bits per heavy atom. The fourth-order valence-corrected chi connectivity index (χ4v) is 3.60. The van der Waals surface area contributed by atoms with E-state index in [4.69, 9.17) is 4.74 Å². The lowest BCUT2D eigenvalue weighted by Crippen LogP contribution is -2.09. The Kier molecular flexibility index (Phi) is 5.27. The Balaban J connectivity index is 1.84.